The molecule has 2 heterocycles. The average molecular weight is 645 g/mol. The molecule has 4 nitrogen and oxygen atoms in total. The molecule has 1 amide bonds. The fourth-order valence-corrected chi connectivity index (χ4v) is 6.70. The summed E-state index contributed by atoms with van der Waals surface area (Å²) >= 11 is 8.75. The average Bonchev–Trinajstić information content (AvgIpc) is 3.30. The number of hydrogen-bond acceptors (Lipinski definition) is 2. The van der Waals surface area contributed by atoms with Crippen molar-refractivity contribution in [3.8, 4) is 5.75 Å². The first-order valence-electron chi connectivity index (χ1n) is 12.7. The SMILES string of the molecule is COc1ccc(CN2C(=O)c3[nH]c4ccccc4c3C(c3ccc(Cl)cc3)C(I)=C2c2ccc(C)cc2)cc1. The van der Waals surface area contributed by atoms with E-state index in [1.54, 1.807) is 7.11 Å². The van der Waals surface area contributed by atoms with Crippen LogP contribution >= 0.6 is 34.2 Å². The third-order valence-electron chi connectivity index (χ3n) is 7.27. The molecule has 0 bridgehead atoms. The van der Waals surface area contributed by atoms with Crippen LogP contribution in [0, 0.1) is 6.92 Å². The number of aromatic nitrogens is 1. The van der Waals surface area contributed by atoms with E-state index in [9.17, 15) is 4.79 Å². The fraction of sp³-hybridized carbons (Fsp3) is 0.121. The Hall–Kier alpha value is -3.55. The van der Waals surface area contributed by atoms with Crippen LogP contribution in [0.2, 0.25) is 5.02 Å². The van der Waals surface area contributed by atoms with Crippen LogP contribution in [0.4, 0.5) is 0 Å². The lowest BCUT2D eigenvalue weighted by Gasteiger charge is -2.27. The highest BCUT2D eigenvalue weighted by atomic mass is 127. The fourth-order valence-electron chi connectivity index (χ4n) is 5.30. The van der Waals surface area contributed by atoms with Gasteiger partial charge in [-0.1, -0.05) is 83.9 Å². The summed E-state index contributed by atoms with van der Waals surface area (Å²) in [6.45, 7) is 2.49. The number of nitrogens with zero attached hydrogens (tertiary/aromatic N) is 1. The number of carbonyl (C=O) groups is 1. The molecule has 6 heteroatoms. The van der Waals surface area contributed by atoms with Gasteiger partial charge in [-0.3, -0.25) is 4.79 Å². The molecule has 0 saturated heterocycles. The molecule has 194 valence electrons. The van der Waals surface area contributed by atoms with Gasteiger partial charge in [0.1, 0.15) is 11.4 Å². The number of fused-ring (bicyclic) bond motifs is 3. The Bertz CT molecular complexity index is 1700. The molecule has 1 unspecified atom stereocenters. The number of allylic oxidation sites excluding steroid dienone is 1. The van der Waals surface area contributed by atoms with Crippen LogP contribution in [-0.4, -0.2) is 22.9 Å². The lowest BCUT2D eigenvalue weighted by atomic mass is 9.88. The van der Waals surface area contributed by atoms with Gasteiger partial charge in [-0.25, -0.2) is 0 Å². The minimum absolute atomic E-state index is 0.0572. The maximum atomic E-state index is 14.6. The molecule has 0 aliphatic carbocycles. The Kier molecular flexibility index (Phi) is 6.95. The van der Waals surface area contributed by atoms with Crippen molar-refractivity contribution >= 4 is 56.7 Å². The summed E-state index contributed by atoms with van der Waals surface area (Å²) < 4.78 is 6.44. The van der Waals surface area contributed by atoms with E-state index in [4.69, 9.17) is 16.3 Å². The van der Waals surface area contributed by atoms with Crippen LogP contribution in [0.25, 0.3) is 16.6 Å². The largest absolute Gasteiger partial charge is 0.497 e. The van der Waals surface area contributed by atoms with Gasteiger partial charge in [0.25, 0.3) is 5.91 Å². The van der Waals surface area contributed by atoms with Gasteiger partial charge < -0.3 is 14.6 Å². The highest BCUT2D eigenvalue weighted by Crippen LogP contribution is 2.48. The summed E-state index contributed by atoms with van der Waals surface area (Å²) in [5.74, 6) is 0.568. The van der Waals surface area contributed by atoms with Crippen molar-refractivity contribution in [3.05, 3.63) is 139 Å². The maximum Gasteiger partial charge on any atom is 0.275 e. The van der Waals surface area contributed by atoms with Crippen molar-refractivity contribution < 1.29 is 9.53 Å². The van der Waals surface area contributed by atoms with Crippen LogP contribution in [0.3, 0.4) is 0 Å². The zero-order valence-electron chi connectivity index (χ0n) is 21.5. The highest BCUT2D eigenvalue weighted by molar-refractivity contribution is 14.1. The molecule has 0 spiro atoms. The topological polar surface area (TPSA) is 45.3 Å². The van der Waals surface area contributed by atoms with Gasteiger partial charge in [0.15, 0.2) is 0 Å². The third kappa shape index (κ3) is 4.74. The zero-order chi connectivity index (χ0) is 27.1. The quantitative estimate of drug-likeness (QED) is 0.195. The van der Waals surface area contributed by atoms with Gasteiger partial charge in [0, 0.05) is 31.0 Å². The number of ether oxygens (including phenoxy) is 1. The van der Waals surface area contributed by atoms with Crippen molar-refractivity contribution in [2.45, 2.75) is 19.4 Å². The Labute approximate surface area is 246 Å². The number of para-hydroxylation sites is 1. The van der Waals surface area contributed by atoms with E-state index >= 15 is 0 Å². The molecule has 0 saturated carbocycles. The number of nitrogens with one attached hydrogen (secondary N) is 1. The summed E-state index contributed by atoms with van der Waals surface area (Å²) in [6, 6.07) is 32.4. The van der Waals surface area contributed by atoms with E-state index in [1.165, 1.54) is 5.56 Å². The number of H-pyrrole nitrogens is 1. The van der Waals surface area contributed by atoms with Crippen molar-refractivity contribution in [2.75, 3.05) is 7.11 Å². The van der Waals surface area contributed by atoms with Crippen LogP contribution < -0.4 is 4.74 Å². The molecular weight excluding hydrogens is 619 g/mol. The van der Waals surface area contributed by atoms with E-state index in [0.29, 0.717) is 17.3 Å². The number of carbonyl (C=O) groups excluding carboxylic acids is 1. The molecule has 5 aromatic rings. The Balaban J connectivity index is 1.64. The monoisotopic (exact) mass is 644 g/mol. The van der Waals surface area contributed by atoms with Crippen molar-refractivity contribution in [2.24, 2.45) is 0 Å². The van der Waals surface area contributed by atoms with Gasteiger partial charge in [0.05, 0.1) is 19.4 Å². The minimum Gasteiger partial charge on any atom is -0.497 e. The number of amides is 1. The smallest absolute Gasteiger partial charge is 0.275 e. The normalized spacial score (nSPS) is 15.4. The van der Waals surface area contributed by atoms with Crippen molar-refractivity contribution in [1.82, 2.24) is 9.88 Å². The second kappa shape index (κ2) is 10.5. The van der Waals surface area contributed by atoms with Crippen molar-refractivity contribution in [3.63, 3.8) is 0 Å². The van der Waals surface area contributed by atoms with E-state index in [0.717, 1.165) is 48.2 Å². The molecular formula is C33H26ClIN2O2. The van der Waals surface area contributed by atoms with Crippen LogP contribution in [0.1, 0.15) is 44.2 Å². The lowest BCUT2D eigenvalue weighted by Crippen LogP contribution is -2.29. The second-order valence-electron chi connectivity index (χ2n) is 9.75. The van der Waals surface area contributed by atoms with Gasteiger partial charge in [-0.2, -0.15) is 0 Å². The summed E-state index contributed by atoms with van der Waals surface area (Å²) in [6.07, 6.45) is 0. The van der Waals surface area contributed by atoms with Crippen LogP contribution in [0.15, 0.2) is 101 Å². The van der Waals surface area contributed by atoms with E-state index in [2.05, 4.69) is 77.0 Å². The van der Waals surface area contributed by atoms with Crippen molar-refractivity contribution in [1.29, 1.82) is 0 Å². The molecule has 1 atom stereocenters. The Morgan fingerprint density at radius 3 is 2.31 bits per heavy atom. The summed E-state index contributed by atoms with van der Waals surface area (Å²) in [5, 5.41) is 1.73. The molecule has 1 aliphatic rings. The molecule has 39 heavy (non-hydrogen) atoms. The predicted molar refractivity (Wildman–Crippen MR) is 167 cm³/mol. The van der Waals surface area contributed by atoms with Gasteiger partial charge in [0.2, 0.25) is 0 Å². The zero-order valence-corrected chi connectivity index (χ0v) is 24.5. The first kappa shape index (κ1) is 25.7. The Morgan fingerprint density at radius 1 is 0.923 bits per heavy atom. The highest BCUT2D eigenvalue weighted by Gasteiger charge is 2.37. The Morgan fingerprint density at radius 2 is 1.62 bits per heavy atom. The van der Waals surface area contributed by atoms with Gasteiger partial charge in [-0.05, 0) is 76.5 Å². The first-order valence-corrected chi connectivity index (χ1v) is 14.2. The van der Waals surface area contributed by atoms with Gasteiger partial charge in [-0.15, -0.1) is 0 Å². The number of hydrogen-bond donors (Lipinski definition) is 1. The van der Waals surface area contributed by atoms with Crippen LogP contribution in [-0.2, 0) is 6.54 Å². The molecule has 1 N–H and O–H groups in total. The summed E-state index contributed by atoms with van der Waals surface area (Å²) in [7, 11) is 1.66. The standard InChI is InChI=1S/C33H26ClIN2O2/c1-20-7-11-23(12-8-20)32-30(35)28(22-13-15-24(34)16-14-22)29-26-5-3-4-6-27(26)36-31(29)33(38)37(32)19-21-9-17-25(39-2)18-10-21/h3-18,28,36H,19H2,1-2H3. The minimum atomic E-state index is -0.157. The molecule has 0 radical (unpaired) electrons. The van der Waals surface area contributed by atoms with E-state index in [1.807, 2.05) is 59.5 Å². The third-order valence-corrected chi connectivity index (χ3v) is 8.66. The van der Waals surface area contributed by atoms with E-state index < -0.39 is 0 Å². The number of rotatable bonds is 5. The lowest BCUT2D eigenvalue weighted by molar-refractivity contribution is 0.0823. The summed E-state index contributed by atoms with van der Waals surface area (Å²) in [4.78, 5) is 20.0. The molecule has 1 aromatic heterocycles. The number of halogens is 2. The molecule has 1 aliphatic heterocycles. The number of aromatic amines is 1. The van der Waals surface area contributed by atoms with E-state index in [-0.39, 0.29) is 11.8 Å². The van der Waals surface area contributed by atoms with Crippen LogP contribution in [0.5, 0.6) is 5.75 Å². The molecule has 4 aromatic carbocycles. The number of benzene rings is 4. The number of methoxy groups -OCH3 is 1. The number of aryl methyl sites for hydroxylation is 1. The first-order chi connectivity index (χ1) is 18.9. The molecule has 6 rings (SSSR count). The second-order valence-corrected chi connectivity index (χ2v) is 11.3. The van der Waals surface area contributed by atoms with Gasteiger partial charge >= 0.3 is 0 Å². The predicted octanol–water partition coefficient (Wildman–Crippen LogP) is 8.73. The summed E-state index contributed by atoms with van der Waals surface area (Å²) in [5.41, 5.74) is 7.72. The molecule has 0 fully saturated rings. The maximum absolute atomic E-state index is 14.6.